The molecule has 2 unspecified atom stereocenters. The van der Waals surface area contributed by atoms with Crippen molar-refractivity contribution in [1.82, 2.24) is 20.1 Å². The Morgan fingerprint density at radius 3 is 2.91 bits per heavy atom. The van der Waals surface area contributed by atoms with Crippen molar-refractivity contribution in [3.63, 3.8) is 0 Å². The van der Waals surface area contributed by atoms with Crippen LogP contribution in [0.5, 0.6) is 0 Å². The van der Waals surface area contributed by atoms with Crippen LogP contribution >= 0.6 is 0 Å². The molecule has 0 aliphatic heterocycles. The summed E-state index contributed by atoms with van der Waals surface area (Å²) < 4.78 is 7.47. The zero-order valence-corrected chi connectivity index (χ0v) is 19.4. The number of benzene rings is 1. The van der Waals surface area contributed by atoms with Gasteiger partial charge >= 0.3 is 0 Å². The first kappa shape index (κ1) is 22.1. The summed E-state index contributed by atoms with van der Waals surface area (Å²) in [7, 11) is 0. The Kier molecular flexibility index (Phi) is 6.04. The van der Waals surface area contributed by atoms with E-state index in [4.69, 9.17) is 10.2 Å². The molecule has 2 aliphatic carbocycles. The molecule has 2 atom stereocenters. The molecule has 3 aromatic rings. The zero-order chi connectivity index (χ0) is 23.5. The molecule has 2 aromatic heterocycles. The molecule has 1 saturated carbocycles. The van der Waals surface area contributed by atoms with Crippen molar-refractivity contribution in [2.45, 2.75) is 57.5 Å². The highest BCUT2D eigenvalue weighted by Gasteiger charge is 2.41. The molecule has 2 heterocycles. The summed E-state index contributed by atoms with van der Waals surface area (Å²) in [6.45, 7) is 2.06. The second kappa shape index (κ2) is 9.29. The van der Waals surface area contributed by atoms with Crippen LogP contribution in [0.15, 0.2) is 64.0 Å². The van der Waals surface area contributed by atoms with Crippen LogP contribution in [0.25, 0.3) is 11.3 Å². The third kappa shape index (κ3) is 4.53. The number of allylic oxidation sites excluding steroid dienone is 2. The average Bonchev–Trinajstić information content (AvgIpc) is 3.44. The van der Waals surface area contributed by atoms with Gasteiger partial charge in [0.2, 0.25) is 11.8 Å². The number of aliphatic imine (C=N–C) groups is 1. The predicted octanol–water partition coefficient (Wildman–Crippen LogP) is 3.87. The standard InChI is InChI=1S/C26H30N6O2/c1-18-30-31-24(34-18)16-28-25(27)29-23(33)17-32-21(20-9-3-2-4-10-20)11-12-22(32)26-13-5-7-19(15-26)8-6-14-26/h2-5,7,9-12,19H,6,8,13-17H2,1H3,(H3,27,28,29,33). The number of nitrogens with one attached hydrogen (secondary N) is 1. The summed E-state index contributed by atoms with van der Waals surface area (Å²) in [5.41, 5.74) is 9.37. The van der Waals surface area contributed by atoms with Gasteiger partial charge in [0.1, 0.15) is 6.54 Å². The maximum absolute atomic E-state index is 13.0. The topological polar surface area (TPSA) is 111 Å². The molecule has 2 bridgehead atoms. The zero-order valence-electron chi connectivity index (χ0n) is 19.4. The summed E-state index contributed by atoms with van der Waals surface area (Å²) in [4.78, 5) is 17.1. The lowest BCUT2D eigenvalue weighted by Crippen LogP contribution is -2.37. The lowest BCUT2D eigenvalue weighted by molar-refractivity contribution is -0.118. The van der Waals surface area contributed by atoms with Crippen LogP contribution in [0, 0.1) is 12.8 Å². The van der Waals surface area contributed by atoms with Gasteiger partial charge in [-0.2, -0.15) is 4.99 Å². The second-order valence-corrected chi connectivity index (χ2v) is 9.28. The molecule has 0 radical (unpaired) electrons. The maximum atomic E-state index is 13.0. The van der Waals surface area contributed by atoms with Gasteiger partial charge in [-0.1, -0.05) is 48.9 Å². The number of rotatable bonds is 6. The van der Waals surface area contributed by atoms with Gasteiger partial charge in [0.15, 0.2) is 5.96 Å². The van der Waals surface area contributed by atoms with Crippen molar-refractivity contribution in [1.29, 1.82) is 0 Å². The Hall–Kier alpha value is -3.68. The fourth-order valence-corrected chi connectivity index (χ4v) is 5.46. The lowest BCUT2D eigenvalue weighted by Gasteiger charge is -2.43. The number of aryl methyl sites for hydroxylation is 1. The Labute approximate surface area is 199 Å². The highest BCUT2D eigenvalue weighted by atomic mass is 16.4. The van der Waals surface area contributed by atoms with Crippen molar-refractivity contribution in [2.75, 3.05) is 0 Å². The van der Waals surface area contributed by atoms with Crippen LogP contribution in [0.2, 0.25) is 0 Å². The minimum atomic E-state index is -0.309. The SMILES string of the molecule is Cc1nnc(CN/C(N)=N\C(=O)Cn2c(-c3ccccc3)ccc2C23CC=CC(CCC2)C3)o1. The van der Waals surface area contributed by atoms with Gasteiger partial charge in [0, 0.05) is 23.7 Å². The quantitative estimate of drug-likeness (QED) is 0.330. The van der Waals surface area contributed by atoms with Crippen LogP contribution in [-0.4, -0.2) is 26.6 Å². The van der Waals surface area contributed by atoms with Crippen molar-refractivity contribution in [3.8, 4) is 11.3 Å². The molecule has 176 valence electrons. The predicted molar refractivity (Wildman–Crippen MR) is 130 cm³/mol. The minimum absolute atomic E-state index is 0.0345. The first-order valence-corrected chi connectivity index (χ1v) is 11.8. The molecule has 1 fully saturated rings. The number of carbonyl (C=O) groups is 1. The van der Waals surface area contributed by atoms with Gasteiger partial charge in [0.05, 0.1) is 6.54 Å². The highest BCUT2D eigenvalue weighted by Crippen LogP contribution is 2.49. The number of nitrogens with two attached hydrogens (primary N) is 1. The summed E-state index contributed by atoms with van der Waals surface area (Å²) in [6.07, 6.45) is 10.4. The van der Waals surface area contributed by atoms with Crippen molar-refractivity contribution >= 4 is 11.9 Å². The molecule has 34 heavy (non-hydrogen) atoms. The first-order chi connectivity index (χ1) is 16.5. The van der Waals surface area contributed by atoms with Gasteiger partial charge in [-0.25, -0.2) is 0 Å². The molecule has 1 amide bonds. The normalized spacial score (nSPS) is 22.0. The summed E-state index contributed by atoms with van der Waals surface area (Å²) >= 11 is 0. The number of hydrogen-bond donors (Lipinski definition) is 2. The van der Waals surface area contributed by atoms with Crippen molar-refractivity contribution in [3.05, 3.63) is 72.1 Å². The highest BCUT2D eigenvalue weighted by molar-refractivity contribution is 5.92. The summed E-state index contributed by atoms with van der Waals surface area (Å²) in [5.74, 6) is 1.20. The maximum Gasteiger partial charge on any atom is 0.268 e. The minimum Gasteiger partial charge on any atom is -0.424 e. The number of carbonyl (C=O) groups excluding carboxylic acids is 1. The van der Waals surface area contributed by atoms with Gasteiger partial charge in [-0.3, -0.25) is 4.79 Å². The van der Waals surface area contributed by atoms with E-state index in [0.29, 0.717) is 17.7 Å². The number of guanidine groups is 1. The third-order valence-electron chi connectivity index (χ3n) is 6.92. The molecule has 5 rings (SSSR count). The van der Waals surface area contributed by atoms with Gasteiger partial charge in [-0.05, 0) is 49.3 Å². The molecule has 8 nitrogen and oxygen atoms in total. The van der Waals surface area contributed by atoms with E-state index in [1.54, 1.807) is 6.92 Å². The van der Waals surface area contributed by atoms with E-state index >= 15 is 0 Å². The molecular formula is C26H30N6O2. The van der Waals surface area contributed by atoms with E-state index in [9.17, 15) is 4.79 Å². The molecule has 1 aromatic carbocycles. The molecule has 0 saturated heterocycles. The number of fused-ring (bicyclic) bond motifs is 2. The Morgan fingerprint density at radius 1 is 1.26 bits per heavy atom. The largest absolute Gasteiger partial charge is 0.424 e. The second-order valence-electron chi connectivity index (χ2n) is 9.28. The number of nitrogens with zero attached hydrogens (tertiary/aromatic N) is 4. The Morgan fingerprint density at radius 2 is 2.12 bits per heavy atom. The molecule has 0 spiro atoms. The van der Waals surface area contributed by atoms with E-state index in [-0.39, 0.29) is 30.4 Å². The van der Waals surface area contributed by atoms with Crippen LogP contribution in [-0.2, 0) is 23.3 Å². The Balaban J connectivity index is 1.41. The van der Waals surface area contributed by atoms with Crippen LogP contribution < -0.4 is 11.1 Å². The van der Waals surface area contributed by atoms with Crippen LogP contribution in [0.4, 0.5) is 0 Å². The first-order valence-electron chi connectivity index (χ1n) is 11.8. The number of hydrogen-bond acceptors (Lipinski definition) is 4. The molecular weight excluding hydrogens is 428 g/mol. The number of aromatic nitrogens is 3. The van der Waals surface area contributed by atoms with E-state index in [2.05, 4.69) is 61.5 Å². The van der Waals surface area contributed by atoms with Crippen molar-refractivity contribution < 1.29 is 9.21 Å². The average molecular weight is 459 g/mol. The molecule has 8 heteroatoms. The van der Waals surface area contributed by atoms with E-state index in [1.165, 1.54) is 18.5 Å². The fraction of sp³-hybridized carbons (Fsp3) is 0.385. The van der Waals surface area contributed by atoms with Gasteiger partial charge < -0.3 is 20.0 Å². The smallest absolute Gasteiger partial charge is 0.268 e. The summed E-state index contributed by atoms with van der Waals surface area (Å²) in [5, 5.41) is 10.6. The van der Waals surface area contributed by atoms with Crippen LogP contribution in [0.1, 0.15) is 49.6 Å². The Bertz CT molecular complexity index is 1230. The fourth-order valence-electron chi connectivity index (χ4n) is 5.46. The lowest BCUT2D eigenvalue weighted by atomic mass is 9.63. The van der Waals surface area contributed by atoms with E-state index in [0.717, 1.165) is 30.5 Å². The molecule has 2 aliphatic rings. The third-order valence-corrected chi connectivity index (χ3v) is 6.92. The van der Waals surface area contributed by atoms with E-state index < -0.39 is 0 Å². The van der Waals surface area contributed by atoms with E-state index in [1.807, 2.05) is 18.2 Å². The van der Waals surface area contributed by atoms with Gasteiger partial charge in [-0.15, -0.1) is 10.2 Å². The summed E-state index contributed by atoms with van der Waals surface area (Å²) in [6, 6.07) is 14.5. The monoisotopic (exact) mass is 458 g/mol. The number of amides is 1. The van der Waals surface area contributed by atoms with Crippen molar-refractivity contribution in [2.24, 2.45) is 16.6 Å². The van der Waals surface area contributed by atoms with Crippen LogP contribution in [0.3, 0.4) is 0 Å². The molecule has 3 N–H and O–H groups in total. The van der Waals surface area contributed by atoms with Gasteiger partial charge in [0.25, 0.3) is 5.91 Å².